The third kappa shape index (κ3) is 4.07. The number of hydrogen-bond donors (Lipinski definition) is 1. The van der Waals surface area contributed by atoms with Gasteiger partial charge in [-0.05, 0) is 6.07 Å². The van der Waals surface area contributed by atoms with Crippen molar-refractivity contribution in [2.45, 2.75) is 6.18 Å². The fourth-order valence-electron chi connectivity index (χ4n) is 2.13. The minimum Gasteiger partial charge on any atom is -0.272 e. The van der Waals surface area contributed by atoms with Crippen LogP contribution in [-0.2, 0) is 6.18 Å². The Kier molecular flexibility index (Phi) is 5.70. The highest BCUT2D eigenvalue weighted by molar-refractivity contribution is 5.91. The van der Waals surface area contributed by atoms with Crippen molar-refractivity contribution in [2.75, 3.05) is 5.43 Å². The number of alkyl halides is 3. The van der Waals surface area contributed by atoms with Crippen LogP contribution in [0.2, 0.25) is 0 Å². The van der Waals surface area contributed by atoms with Crippen LogP contribution in [-0.4, -0.2) is 16.1 Å². The van der Waals surface area contributed by atoms with Crippen molar-refractivity contribution in [2.24, 2.45) is 5.10 Å². The van der Waals surface area contributed by atoms with Crippen LogP contribution in [0.4, 0.5) is 47.8 Å². The highest BCUT2D eigenvalue weighted by Gasteiger charge is 2.42. The van der Waals surface area contributed by atoms with Crippen LogP contribution in [0.5, 0.6) is 0 Å². The van der Waals surface area contributed by atoms with Gasteiger partial charge in [0.1, 0.15) is 16.8 Å². The highest BCUT2D eigenvalue weighted by Crippen LogP contribution is 2.38. The fraction of sp³-hybridized carbons (Fsp3) is 0.0714. The SMILES string of the molecule is O=[N+]([O-])c1cccc([N+](=O)[O-])c1/C=N/Nc1c(F)c(F)c(C(F)(F)F)c(F)c1F. The van der Waals surface area contributed by atoms with Crippen molar-refractivity contribution in [1.82, 2.24) is 0 Å². The molecular formula is C14H5F7N4O4. The summed E-state index contributed by atoms with van der Waals surface area (Å²) in [5.41, 5.74) is -5.71. The molecule has 15 heteroatoms. The van der Waals surface area contributed by atoms with Crippen LogP contribution in [0.1, 0.15) is 11.1 Å². The van der Waals surface area contributed by atoms with Crippen molar-refractivity contribution in [1.29, 1.82) is 0 Å². The van der Waals surface area contributed by atoms with Crippen molar-refractivity contribution < 1.29 is 40.6 Å². The Bertz CT molecular complexity index is 978. The molecule has 2 rings (SSSR count). The molecule has 2 aromatic rings. The van der Waals surface area contributed by atoms with Gasteiger partial charge in [-0.3, -0.25) is 25.7 Å². The molecule has 0 spiro atoms. The van der Waals surface area contributed by atoms with E-state index >= 15 is 0 Å². The Balaban J connectivity index is 2.53. The second-order valence-electron chi connectivity index (χ2n) is 5.10. The molecule has 0 aliphatic rings. The summed E-state index contributed by atoms with van der Waals surface area (Å²) in [7, 11) is 0. The number of hydrogen-bond acceptors (Lipinski definition) is 6. The second-order valence-corrected chi connectivity index (χ2v) is 5.10. The lowest BCUT2D eigenvalue weighted by atomic mass is 10.1. The zero-order valence-electron chi connectivity index (χ0n) is 13.4. The average molecular weight is 426 g/mol. The van der Waals surface area contributed by atoms with E-state index in [2.05, 4.69) is 5.10 Å². The van der Waals surface area contributed by atoms with E-state index in [0.29, 0.717) is 6.21 Å². The summed E-state index contributed by atoms with van der Waals surface area (Å²) < 4.78 is 92.1. The van der Waals surface area contributed by atoms with E-state index in [-0.39, 0.29) is 0 Å². The smallest absolute Gasteiger partial charge is 0.272 e. The maximum atomic E-state index is 13.7. The first kappa shape index (κ1) is 21.5. The van der Waals surface area contributed by atoms with E-state index in [1.54, 1.807) is 0 Å². The summed E-state index contributed by atoms with van der Waals surface area (Å²) in [4.78, 5) is 19.8. The van der Waals surface area contributed by atoms with E-state index < -0.39 is 67.5 Å². The predicted octanol–water partition coefficient (Wildman–Crippen LogP) is 4.52. The van der Waals surface area contributed by atoms with Crippen molar-refractivity contribution >= 4 is 23.3 Å². The molecule has 154 valence electrons. The van der Waals surface area contributed by atoms with Crippen LogP contribution in [0.3, 0.4) is 0 Å². The standard InChI is InChI=1S/C14H5F7N4O4/c15-9-8(14(19,20)21)10(16)12(18)13(11(9)17)23-22-4-5-6(24(26)27)2-1-3-7(5)25(28)29/h1-4,23H/b22-4+. The molecule has 0 heterocycles. The van der Waals surface area contributed by atoms with Crippen LogP contribution < -0.4 is 5.43 Å². The lowest BCUT2D eigenvalue weighted by Gasteiger charge is -2.13. The minimum atomic E-state index is -5.75. The van der Waals surface area contributed by atoms with Crippen LogP contribution >= 0.6 is 0 Å². The molecule has 2 aromatic carbocycles. The number of hydrazone groups is 1. The Hall–Kier alpha value is -3.78. The highest BCUT2D eigenvalue weighted by atomic mass is 19.4. The predicted molar refractivity (Wildman–Crippen MR) is 82.2 cm³/mol. The normalized spacial score (nSPS) is 11.7. The Morgan fingerprint density at radius 1 is 0.897 bits per heavy atom. The zero-order valence-corrected chi connectivity index (χ0v) is 13.4. The molecule has 8 nitrogen and oxygen atoms in total. The van der Waals surface area contributed by atoms with E-state index in [9.17, 15) is 51.0 Å². The molecule has 0 aliphatic heterocycles. The molecule has 0 aromatic heterocycles. The Morgan fingerprint density at radius 2 is 1.34 bits per heavy atom. The second kappa shape index (κ2) is 7.69. The summed E-state index contributed by atoms with van der Waals surface area (Å²) in [6.45, 7) is 0. The first-order chi connectivity index (χ1) is 13.4. The fourth-order valence-corrected chi connectivity index (χ4v) is 2.13. The zero-order chi connectivity index (χ0) is 22.1. The largest absolute Gasteiger partial charge is 0.422 e. The summed E-state index contributed by atoms with van der Waals surface area (Å²) >= 11 is 0. The molecule has 0 unspecified atom stereocenters. The molecule has 0 atom stereocenters. The third-order valence-electron chi connectivity index (χ3n) is 3.37. The molecule has 0 saturated heterocycles. The average Bonchev–Trinajstić information content (AvgIpc) is 2.61. The first-order valence-electron chi connectivity index (χ1n) is 7.01. The number of nitro groups is 2. The molecule has 0 saturated carbocycles. The van der Waals surface area contributed by atoms with Crippen molar-refractivity contribution in [3.8, 4) is 0 Å². The molecule has 0 fully saturated rings. The van der Waals surface area contributed by atoms with Gasteiger partial charge < -0.3 is 0 Å². The minimum absolute atomic E-state index is 0.336. The Labute approximate surface area is 154 Å². The van der Waals surface area contributed by atoms with Crippen molar-refractivity contribution in [3.05, 3.63) is 72.8 Å². The monoisotopic (exact) mass is 426 g/mol. The molecule has 0 bridgehead atoms. The topological polar surface area (TPSA) is 111 Å². The van der Waals surface area contributed by atoms with Crippen LogP contribution in [0, 0.1) is 43.5 Å². The van der Waals surface area contributed by atoms with Crippen LogP contribution in [0.15, 0.2) is 23.3 Å². The summed E-state index contributed by atoms with van der Waals surface area (Å²) in [5.74, 6) is -10.5. The number of nitrogens with zero attached hydrogens (tertiary/aromatic N) is 3. The number of nitro benzene ring substituents is 2. The molecular weight excluding hydrogens is 421 g/mol. The lowest BCUT2D eigenvalue weighted by Crippen LogP contribution is -2.16. The number of nitrogens with one attached hydrogen (secondary N) is 1. The summed E-state index contributed by atoms with van der Waals surface area (Å²) in [5, 5.41) is 24.9. The van der Waals surface area contributed by atoms with Gasteiger partial charge in [0.15, 0.2) is 23.3 Å². The van der Waals surface area contributed by atoms with Gasteiger partial charge in [0, 0.05) is 12.1 Å². The Morgan fingerprint density at radius 3 is 1.72 bits per heavy atom. The number of halogens is 7. The van der Waals surface area contributed by atoms with Gasteiger partial charge in [0.25, 0.3) is 11.4 Å². The molecule has 0 aliphatic carbocycles. The maximum absolute atomic E-state index is 13.7. The lowest BCUT2D eigenvalue weighted by molar-refractivity contribution is -0.394. The molecule has 29 heavy (non-hydrogen) atoms. The van der Waals surface area contributed by atoms with Gasteiger partial charge in [-0.15, -0.1) is 0 Å². The summed E-state index contributed by atoms with van der Waals surface area (Å²) in [6.07, 6.45) is -5.41. The number of benzene rings is 2. The third-order valence-corrected chi connectivity index (χ3v) is 3.37. The van der Waals surface area contributed by atoms with E-state index in [0.717, 1.165) is 18.2 Å². The van der Waals surface area contributed by atoms with Gasteiger partial charge in [0.05, 0.1) is 16.1 Å². The van der Waals surface area contributed by atoms with Crippen molar-refractivity contribution in [3.63, 3.8) is 0 Å². The maximum Gasteiger partial charge on any atom is 0.422 e. The van der Waals surface area contributed by atoms with Gasteiger partial charge >= 0.3 is 6.18 Å². The van der Waals surface area contributed by atoms with Crippen LogP contribution in [0.25, 0.3) is 0 Å². The van der Waals surface area contributed by atoms with Gasteiger partial charge in [-0.2, -0.15) is 18.3 Å². The van der Waals surface area contributed by atoms with Gasteiger partial charge in [0.2, 0.25) is 0 Å². The number of anilines is 1. The molecule has 0 radical (unpaired) electrons. The first-order valence-corrected chi connectivity index (χ1v) is 7.01. The van der Waals surface area contributed by atoms with E-state index in [1.807, 2.05) is 0 Å². The molecule has 0 amide bonds. The van der Waals surface area contributed by atoms with E-state index in [1.165, 1.54) is 5.43 Å². The van der Waals surface area contributed by atoms with Gasteiger partial charge in [-0.1, -0.05) is 0 Å². The summed E-state index contributed by atoms with van der Waals surface area (Å²) in [6, 6.07) is 2.61. The number of rotatable bonds is 5. The quantitative estimate of drug-likeness (QED) is 0.248. The molecule has 1 N–H and O–H groups in total. The van der Waals surface area contributed by atoms with E-state index in [4.69, 9.17) is 0 Å². The van der Waals surface area contributed by atoms with Gasteiger partial charge in [-0.25, -0.2) is 17.6 Å².